The summed E-state index contributed by atoms with van der Waals surface area (Å²) in [6, 6.07) is 5.45. The molecule has 1 amide bonds. The second kappa shape index (κ2) is 8.82. The Kier molecular flexibility index (Phi) is 7.43. The Bertz CT molecular complexity index is 503. The van der Waals surface area contributed by atoms with Gasteiger partial charge in [0.2, 0.25) is 5.91 Å². The van der Waals surface area contributed by atoms with Crippen LogP contribution in [-0.4, -0.2) is 21.6 Å². The summed E-state index contributed by atoms with van der Waals surface area (Å²) in [6.07, 6.45) is 2.08. The molecule has 0 heterocycles. The molecule has 1 rings (SSSR count). The normalized spacial score (nSPS) is 13.7. The van der Waals surface area contributed by atoms with Gasteiger partial charge in [-0.15, -0.1) is 0 Å². The lowest BCUT2D eigenvalue weighted by atomic mass is 10.1. The molecule has 0 saturated heterocycles. The molecule has 0 aliphatic carbocycles. The fourth-order valence-corrected chi connectivity index (χ4v) is 3.40. The summed E-state index contributed by atoms with van der Waals surface area (Å²) in [4.78, 5) is 11.9. The van der Waals surface area contributed by atoms with Gasteiger partial charge in [0.1, 0.15) is 0 Å². The summed E-state index contributed by atoms with van der Waals surface area (Å²) >= 11 is 0. The van der Waals surface area contributed by atoms with Gasteiger partial charge in [-0.2, -0.15) is 0 Å². The lowest BCUT2D eigenvalue weighted by Crippen LogP contribution is -2.15. The topological polar surface area (TPSA) is 72.2 Å². The highest BCUT2D eigenvalue weighted by Gasteiger charge is 2.09. The number of nitrogens with two attached hydrogens (primary N) is 1. The number of rotatable bonds is 8. The average molecular weight is 310 g/mol. The van der Waals surface area contributed by atoms with Gasteiger partial charge in [-0.05, 0) is 37.0 Å². The minimum Gasteiger partial charge on any atom is -0.399 e. The molecule has 118 valence electrons. The van der Waals surface area contributed by atoms with E-state index in [0.717, 1.165) is 23.4 Å². The van der Waals surface area contributed by atoms with Gasteiger partial charge >= 0.3 is 0 Å². The molecule has 21 heavy (non-hydrogen) atoms. The van der Waals surface area contributed by atoms with Crippen LogP contribution in [0.4, 0.5) is 11.4 Å². The van der Waals surface area contributed by atoms with E-state index in [9.17, 15) is 9.00 Å². The molecule has 0 saturated carbocycles. The van der Waals surface area contributed by atoms with E-state index in [4.69, 9.17) is 5.73 Å². The molecule has 0 radical (unpaired) electrons. The third kappa shape index (κ3) is 6.76. The maximum atomic E-state index is 11.9. The molecule has 0 aliphatic heterocycles. The first kappa shape index (κ1) is 17.7. The molecule has 2 atom stereocenters. The van der Waals surface area contributed by atoms with Crippen LogP contribution in [0, 0.1) is 12.8 Å². The first-order valence-corrected chi connectivity index (χ1v) is 8.92. The lowest BCUT2D eigenvalue weighted by molar-refractivity contribution is -0.116. The number of amides is 1. The van der Waals surface area contributed by atoms with Crippen LogP contribution in [0.1, 0.15) is 38.7 Å². The summed E-state index contributed by atoms with van der Waals surface area (Å²) in [6.45, 7) is 6.13. The Morgan fingerprint density at radius 3 is 2.81 bits per heavy atom. The van der Waals surface area contributed by atoms with Crippen molar-refractivity contribution in [3.8, 4) is 0 Å². The molecule has 5 heteroatoms. The highest BCUT2D eigenvalue weighted by Crippen LogP contribution is 2.18. The number of hydrogen-bond acceptors (Lipinski definition) is 3. The van der Waals surface area contributed by atoms with Crippen LogP contribution >= 0.6 is 0 Å². The Morgan fingerprint density at radius 1 is 1.43 bits per heavy atom. The number of aryl methyl sites for hydroxylation is 1. The minimum atomic E-state index is -0.821. The quantitative estimate of drug-likeness (QED) is 0.725. The Morgan fingerprint density at radius 2 is 2.14 bits per heavy atom. The highest BCUT2D eigenvalue weighted by atomic mass is 32.2. The summed E-state index contributed by atoms with van der Waals surface area (Å²) in [5.74, 6) is 1.75. The molecule has 3 N–H and O–H groups in total. The van der Waals surface area contributed by atoms with E-state index < -0.39 is 10.8 Å². The number of nitrogens with one attached hydrogen (secondary N) is 1. The van der Waals surface area contributed by atoms with Gasteiger partial charge in [0.15, 0.2) is 0 Å². The van der Waals surface area contributed by atoms with Crippen molar-refractivity contribution in [2.45, 2.75) is 40.0 Å². The van der Waals surface area contributed by atoms with Crippen molar-refractivity contribution in [3.05, 3.63) is 23.8 Å². The molecular formula is C16H26N2O2S. The fourth-order valence-electron chi connectivity index (χ4n) is 1.90. The smallest absolute Gasteiger partial charge is 0.224 e. The summed E-state index contributed by atoms with van der Waals surface area (Å²) < 4.78 is 11.8. The first-order chi connectivity index (χ1) is 9.92. The Labute approximate surface area is 130 Å². The number of nitrogen functional groups attached to an aromatic ring is 1. The number of benzene rings is 1. The van der Waals surface area contributed by atoms with Gasteiger partial charge in [-0.3, -0.25) is 9.00 Å². The van der Waals surface area contributed by atoms with E-state index in [1.807, 2.05) is 19.1 Å². The molecule has 1 aromatic carbocycles. The van der Waals surface area contributed by atoms with Crippen molar-refractivity contribution in [1.82, 2.24) is 0 Å². The van der Waals surface area contributed by atoms with Crippen molar-refractivity contribution in [1.29, 1.82) is 0 Å². The third-order valence-corrected chi connectivity index (χ3v) is 5.16. The van der Waals surface area contributed by atoms with E-state index in [1.54, 1.807) is 6.07 Å². The Balaban J connectivity index is 2.34. The average Bonchev–Trinajstić information content (AvgIpc) is 2.42. The van der Waals surface area contributed by atoms with Gasteiger partial charge in [-0.25, -0.2) is 0 Å². The molecule has 0 aliphatic rings. The fraction of sp³-hybridized carbons (Fsp3) is 0.562. The van der Waals surface area contributed by atoms with E-state index >= 15 is 0 Å². The van der Waals surface area contributed by atoms with Crippen molar-refractivity contribution < 1.29 is 9.00 Å². The SMILES string of the molecule is CCC(C)CS(=O)CCCC(=O)Nc1cc(N)ccc1C. The van der Waals surface area contributed by atoms with Crippen LogP contribution in [0.15, 0.2) is 18.2 Å². The lowest BCUT2D eigenvalue weighted by Gasteiger charge is -2.10. The largest absolute Gasteiger partial charge is 0.399 e. The number of anilines is 2. The highest BCUT2D eigenvalue weighted by molar-refractivity contribution is 7.84. The predicted octanol–water partition coefficient (Wildman–Crippen LogP) is 3.09. The third-order valence-electron chi connectivity index (χ3n) is 3.48. The zero-order chi connectivity index (χ0) is 15.8. The van der Waals surface area contributed by atoms with Gasteiger partial charge in [0.25, 0.3) is 0 Å². The van der Waals surface area contributed by atoms with Gasteiger partial charge in [0.05, 0.1) is 0 Å². The van der Waals surface area contributed by atoms with E-state index in [-0.39, 0.29) is 5.91 Å². The van der Waals surface area contributed by atoms with Crippen LogP contribution in [-0.2, 0) is 15.6 Å². The van der Waals surface area contributed by atoms with E-state index in [0.29, 0.717) is 30.2 Å². The van der Waals surface area contributed by atoms with E-state index in [1.165, 1.54) is 0 Å². The zero-order valence-corrected chi connectivity index (χ0v) is 14.0. The van der Waals surface area contributed by atoms with Crippen molar-refractivity contribution in [2.24, 2.45) is 5.92 Å². The molecule has 2 unspecified atom stereocenters. The van der Waals surface area contributed by atoms with Crippen LogP contribution in [0.2, 0.25) is 0 Å². The monoisotopic (exact) mass is 310 g/mol. The number of hydrogen-bond donors (Lipinski definition) is 2. The molecule has 1 aromatic rings. The summed E-state index contributed by atoms with van der Waals surface area (Å²) in [5.41, 5.74) is 8.08. The molecule has 0 fully saturated rings. The van der Waals surface area contributed by atoms with Crippen LogP contribution in [0.25, 0.3) is 0 Å². The summed E-state index contributed by atoms with van der Waals surface area (Å²) in [5, 5.41) is 2.86. The summed E-state index contributed by atoms with van der Waals surface area (Å²) in [7, 11) is -0.821. The van der Waals surface area contributed by atoms with Gasteiger partial charge < -0.3 is 11.1 Å². The maximum Gasteiger partial charge on any atom is 0.224 e. The van der Waals surface area contributed by atoms with Crippen molar-refractivity contribution in [2.75, 3.05) is 22.6 Å². The molecule has 0 aromatic heterocycles. The second-order valence-electron chi connectivity index (χ2n) is 5.55. The number of carbonyl (C=O) groups excluding carboxylic acids is 1. The molecule has 4 nitrogen and oxygen atoms in total. The predicted molar refractivity (Wildman–Crippen MR) is 90.8 cm³/mol. The van der Waals surface area contributed by atoms with E-state index in [2.05, 4.69) is 19.2 Å². The van der Waals surface area contributed by atoms with Crippen LogP contribution in [0.5, 0.6) is 0 Å². The Hall–Kier alpha value is -1.36. The molecular weight excluding hydrogens is 284 g/mol. The van der Waals surface area contributed by atoms with Crippen LogP contribution in [0.3, 0.4) is 0 Å². The zero-order valence-electron chi connectivity index (χ0n) is 13.1. The second-order valence-corrected chi connectivity index (χ2v) is 7.17. The van der Waals surface area contributed by atoms with Gasteiger partial charge in [-0.1, -0.05) is 26.3 Å². The van der Waals surface area contributed by atoms with Crippen LogP contribution < -0.4 is 11.1 Å². The van der Waals surface area contributed by atoms with Gasteiger partial charge in [0, 0.05) is 40.1 Å². The molecule has 0 spiro atoms. The standard InChI is InChI=1S/C16H26N2O2S/c1-4-12(2)11-21(20)9-5-6-16(19)18-15-10-14(17)8-7-13(15)3/h7-8,10,12H,4-6,9,11,17H2,1-3H3,(H,18,19). The van der Waals surface area contributed by atoms with Crippen molar-refractivity contribution >= 4 is 28.1 Å². The number of carbonyl (C=O) groups is 1. The first-order valence-electron chi connectivity index (χ1n) is 7.43. The molecule has 0 bridgehead atoms. The van der Waals surface area contributed by atoms with Crippen molar-refractivity contribution in [3.63, 3.8) is 0 Å². The maximum absolute atomic E-state index is 11.9. The minimum absolute atomic E-state index is 0.0516.